The smallest absolute Gasteiger partial charge is 0.264 e. The van der Waals surface area contributed by atoms with Crippen molar-refractivity contribution in [2.75, 3.05) is 26.2 Å². The Labute approximate surface area is 166 Å². The second-order valence-electron chi connectivity index (χ2n) is 6.22. The molecule has 1 aromatic heterocycles. The lowest BCUT2D eigenvalue weighted by Gasteiger charge is -2.33. The van der Waals surface area contributed by atoms with E-state index in [1.165, 1.54) is 20.5 Å². The molecule has 5 nitrogen and oxygen atoms in total. The highest BCUT2D eigenvalue weighted by molar-refractivity contribution is 9.10. The van der Waals surface area contributed by atoms with Crippen LogP contribution in [0.15, 0.2) is 39.7 Å². The van der Waals surface area contributed by atoms with Gasteiger partial charge >= 0.3 is 0 Å². The zero-order valence-corrected chi connectivity index (χ0v) is 18.0. The minimum atomic E-state index is -3.52. The Morgan fingerprint density at radius 3 is 2.31 bits per heavy atom. The van der Waals surface area contributed by atoms with Gasteiger partial charge in [-0.25, -0.2) is 8.42 Å². The molecular weight excluding hydrogens is 436 g/mol. The molecule has 0 spiro atoms. The Balaban J connectivity index is 1.68. The summed E-state index contributed by atoms with van der Waals surface area (Å²) in [5.74, 6) is -0.00140. The maximum absolute atomic E-state index is 12.7. The molecule has 1 fully saturated rings. The SMILES string of the molecule is CCc1sc(C(=O)N2CCN(S(=O)(=O)c3ccc(Br)cc3)CC2)cc1C. The molecule has 0 atom stereocenters. The van der Waals surface area contributed by atoms with E-state index in [1.807, 2.05) is 13.0 Å². The number of rotatable bonds is 4. The number of benzene rings is 1. The van der Waals surface area contributed by atoms with Crippen molar-refractivity contribution in [1.82, 2.24) is 9.21 Å². The maximum Gasteiger partial charge on any atom is 0.264 e. The molecule has 1 aliphatic rings. The van der Waals surface area contributed by atoms with Crippen LogP contribution >= 0.6 is 27.3 Å². The number of nitrogens with zero attached hydrogens (tertiary/aromatic N) is 2. The Bertz CT molecular complexity index is 899. The summed E-state index contributed by atoms with van der Waals surface area (Å²) in [7, 11) is -3.52. The Morgan fingerprint density at radius 2 is 1.77 bits per heavy atom. The average molecular weight is 457 g/mol. The fraction of sp³-hybridized carbons (Fsp3) is 0.389. The normalized spacial score (nSPS) is 16.0. The average Bonchev–Trinajstić information content (AvgIpc) is 3.02. The number of hydrogen-bond donors (Lipinski definition) is 0. The van der Waals surface area contributed by atoms with Crippen molar-refractivity contribution in [3.63, 3.8) is 0 Å². The Kier molecular flexibility index (Phi) is 5.86. The molecule has 8 heteroatoms. The lowest BCUT2D eigenvalue weighted by molar-refractivity contribution is 0.0702. The van der Waals surface area contributed by atoms with Gasteiger partial charge in [-0.2, -0.15) is 4.31 Å². The van der Waals surface area contributed by atoms with Gasteiger partial charge in [0.25, 0.3) is 5.91 Å². The molecule has 0 unspecified atom stereocenters. The van der Waals surface area contributed by atoms with Crippen LogP contribution in [0.1, 0.15) is 27.0 Å². The van der Waals surface area contributed by atoms with Crippen LogP contribution in [-0.2, 0) is 16.4 Å². The largest absolute Gasteiger partial charge is 0.335 e. The van der Waals surface area contributed by atoms with Crippen LogP contribution in [0, 0.1) is 6.92 Å². The Hall–Kier alpha value is -1.22. The number of thiophene rings is 1. The van der Waals surface area contributed by atoms with Gasteiger partial charge in [0.1, 0.15) is 0 Å². The number of sulfonamides is 1. The van der Waals surface area contributed by atoms with Gasteiger partial charge in [-0.15, -0.1) is 11.3 Å². The molecular formula is C18H21BrN2O3S2. The van der Waals surface area contributed by atoms with E-state index in [0.29, 0.717) is 26.2 Å². The number of hydrogen-bond acceptors (Lipinski definition) is 4. The zero-order valence-electron chi connectivity index (χ0n) is 14.7. The van der Waals surface area contributed by atoms with E-state index in [-0.39, 0.29) is 10.8 Å². The Morgan fingerprint density at radius 1 is 1.15 bits per heavy atom. The third-order valence-corrected chi connectivity index (χ3v) is 8.34. The van der Waals surface area contributed by atoms with E-state index in [4.69, 9.17) is 0 Å². The molecule has 0 aliphatic carbocycles. The quantitative estimate of drug-likeness (QED) is 0.706. The van der Waals surface area contributed by atoms with E-state index in [0.717, 1.165) is 21.3 Å². The highest BCUT2D eigenvalue weighted by Crippen LogP contribution is 2.25. The minimum Gasteiger partial charge on any atom is -0.335 e. The van der Waals surface area contributed by atoms with E-state index < -0.39 is 10.0 Å². The standard InChI is InChI=1S/C18H21BrN2O3S2/c1-3-16-13(2)12-17(25-16)18(22)20-8-10-21(11-9-20)26(23,24)15-6-4-14(19)5-7-15/h4-7,12H,3,8-11H2,1-2H3. The summed E-state index contributed by atoms with van der Waals surface area (Å²) >= 11 is 4.85. The second-order valence-corrected chi connectivity index (χ2v) is 10.2. The zero-order chi connectivity index (χ0) is 18.9. The predicted octanol–water partition coefficient (Wildman–Crippen LogP) is 3.53. The molecule has 1 saturated heterocycles. The molecule has 1 aliphatic heterocycles. The van der Waals surface area contributed by atoms with Crippen LogP contribution in [0.5, 0.6) is 0 Å². The van der Waals surface area contributed by atoms with Crippen LogP contribution in [0.4, 0.5) is 0 Å². The highest BCUT2D eigenvalue weighted by Gasteiger charge is 2.30. The molecule has 2 heterocycles. The summed E-state index contributed by atoms with van der Waals surface area (Å²) in [5.41, 5.74) is 1.15. The fourth-order valence-corrected chi connectivity index (χ4v) is 5.79. The first-order valence-electron chi connectivity index (χ1n) is 8.47. The first kappa shape index (κ1) is 19.5. The van der Waals surface area contributed by atoms with E-state index in [2.05, 4.69) is 22.9 Å². The maximum atomic E-state index is 12.7. The number of piperazine rings is 1. The van der Waals surface area contributed by atoms with E-state index in [9.17, 15) is 13.2 Å². The fourth-order valence-electron chi connectivity index (χ4n) is 3.02. The van der Waals surface area contributed by atoms with Crippen molar-refractivity contribution in [3.05, 3.63) is 50.1 Å². The van der Waals surface area contributed by atoms with Crippen molar-refractivity contribution in [3.8, 4) is 0 Å². The number of aryl methyl sites for hydroxylation is 2. The predicted molar refractivity (Wildman–Crippen MR) is 107 cm³/mol. The lowest BCUT2D eigenvalue weighted by Crippen LogP contribution is -2.50. The van der Waals surface area contributed by atoms with Gasteiger partial charge in [0.15, 0.2) is 0 Å². The third kappa shape index (κ3) is 3.88. The molecule has 0 bridgehead atoms. The number of amides is 1. The number of halogens is 1. The monoisotopic (exact) mass is 456 g/mol. The molecule has 3 rings (SSSR count). The summed E-state index contributed by atoms with van der Waals surface area (Å²) < 4.78 is 27.8. The summed E-state index contributed by atoms with van der Waals surface area (Å²) in [6, 6.07) is 8.57. The van der Waals surface area contributed by atoms with E-state index >= 15 is 0 Å². The van der Waals surface area contributed by atoms with Crippen LogP contribution in [0.2, 0.25) is 0 Å². The van der Waals surface area contributed by atoms with Crippen LogP contribution in [-0.4, -0.2) is 49.7 Å². The molecule has 0 radical (unpaired) electrons. The molecule has 26 heavy (non-hydrogen) atoms. The number of carbonyl (C=O) groups is 1. The molecule has 1 amide bonds. The van der Waals surface area contributed by atoms with Gasteiger partial charge in [0.2, 0.25) is 10.0 Å². The lowest BCUT2D eigenvalue weighted by atomic mass is 10.2. The van der Waals surface area contributed by atoms with Crippen molar-refractivity contribution in [1.29, 1.82) is 0 Å². The van der Waals surface area contributed by atoms with Gasteiger partial charge in [0.05, 0.1) is 9.77 Å². The summed E-state index contributed by atoms with van der Waals surface area (Å²) in [5, 5.41) is 0. The van der Waals surface area contributed by atoms with Gasteiger partial charge in [-0.1, -0.05) is 22.9 Å². The highest BCUT2D eigenvalue weighted by atomic mass is 79.9. The molecule has 0 saturated carbocycles. The molecule has 140 valence electrons. The molecule has 0 N–H and O–H groups in total. The van der Waals surface area contributed by atoms with Crippen molar-refractivity contribution < 1.29 is 13.2 Å². The number of carbonyl (C=O) groups excluding carboxylic acids is 1. The summed E-state index contributed by atoms with van der Waals surface area (Å²) in [4.78, 5) is 16.7. The van der Waals surface area contributed by atoms with Crippen LogP contribution in [0.3, 0.4) is 0 Å². The van der Waals surface area contributed by atoms with Gasteiger partial charge in [-0.05, 0) is 49.2 Å². The first-order chi connectivity index (χ1) is 12.3. The first-order valence-corrected chi connectivity index (χ1v) is 11.5. The van der Waals surface area contributed by atoms with Gasteiger partial charge < -0.3 is 4.90 Å². The van der Waals surface area contributed by atoms with Gasteiger partial charge in [0, 0.05) is 35.5 Å². The second kappa shape index (κ2) is 7.80. The summed E-state index contributed by atoms with van der Waals surface area (Å²) in [6.45, 7) is 5.55. The molecule has 1 aromatic carbocycles. The topological polar surface area (TPSA) is 57.7 Å². The summed E-state index contributed by atoms with van der Waals surface area (Å²) in [6.07, 6.45) is 0.920. The van der Waals surface area contributed by atoms with Crippen molar-refractivity contribution in [2.24, 2.45) is 0 Å². The van der Waals surface area contributed by atoms with Gasteiger partial charge in [-0.3, -0.25) is 4.79 Å². The van der Waals surface area contributed by atoms with Crippen LogP contribution in [0.25, 0.3) is 0 Å². The third-order valence-electron chi connectivity index (χ3n) is 4.53. The van der Waals surface area contributed by atoms with Crippen molar-refractivity contribution >= 4 is 43.2 Å². The van der Waals surface area contributed by atoms with E-state index in [1.54, 1.807) is 29.2 Å². The minimum absolute atomic E-state index is 0.00140. The van der Waals surface area contributed by atoms with Crippen LogP contribution < -0.4 is 0 Å². The molecule has 2 aromatic rings. The van der Waals surface area contributed by atoms with Crippen molar-refractivity contribution in [2.45, 2.75) is 25.2 Å².